The SMILES string of the molecule is Nc1ccc(Br)cc1C(=O)Nc1ccc([N+](=O)[O-])cc1. The zero-order chi connectivity index (χ0) is 14.7. The number of carbonyl (C=O) groups excluding carboxylic acids is 1. The van der Waals surface area contributed by atoms with E-state index in [1.54, 1.807) is 18.2 Å². The number of nitro groups is 1. The van der Waals surface area contributed by atoms with Crippen LogP contribution >= 0.6 is 15.9 Å². The van der Waals surface area contributed by atoms with Crippen LogP contribution in [0, 0.1) is 10.1 Å². The van der Waals surface area contributed by atoms with Crippen LogP contribution in [0.2, 0.25) is 0 Å². The highest BCUT2D eigenvalue weighted by Crippen LogP contribution is 2.21. The van der Waals surface area contributed by atoms with Gasteiger partial charge in [-0.2, -0.15) is 0 Å². The van der Waals surface area contributed by atoms with E-state index < -0.39 is 4.92 Å². The first kappa shape index (κ1) is 14.0. The van der Waals surface area contributed by atoms with Crippen molar-refractivity contribution in [2.75, 3.05) is 11.1 Å². The maximum Gasteiger partial charge on any atom is 0.269 e. The summed E-state index contributed by atoms with van der Waals surface area (Å²) in [6, 6.07) is 10.5. The summed E-state index contributed by atoms with van der Waals surface area (Å²) in [5.41, 5.74) is 6.84. The third-order valence-electron chi connectivity index (χ3n) is 2.60. The molecule has 0 atom stereocenters. The Balaban J connectivity index is 2.19. The number of rotatable bonds is 3. The van der Waals surface area contributed by atoms with Crippen LogP contribution in [0.25, 0.3) is 0 Å². The van der Waals surface area contributed by atoms with E-state index >= 15 is 0 Å². The molecule has 0 heterocycles. The molecule has 3 N–H and O–H groups in total. The minimum atomic E-state index is -0.502. The number of nitrogens with two attached hydrogens (primary N) is 1. The second-order valence-electron chi connectivity index (χ2n) is 3.99. The second-order valence-corrected chi connectivity index (χ2v) is 4.91. The highest BCUT2D eigenvalue weighted by Gasteiger charge is 2.11. The Labute approximate surface area is 122 Å². The number of hydrogen-bond donors (Lipinski definition) is 2. The molecule has 20 heavy (non-hydrogen) atoms. The molecule has 7 heteroatoms. The van der Waals surface area contributed by atoms with Crippen molar-refractivity contribution in [3.8, 4) is 0 Å². The number of amides is 1. The van der Waals surface area contributed by atoms with Crippen LogP contribution in [0.4, 0.5) is 17.1 Å². The first-order valence-corrected chi connectivity index (χ1v) is 6.37. The van der Waals surface area contributed by atoms with Gasteiger partial charge < -0.3 is 11.1 Å². The van der Waals surface area contributed by atoms with E-state index in [1.807, 2.05) is 0 Å². The van der Waals surface area contributed by atoms with Gasteiger partial charge in [-0.25, -0.2) is 0 Å². The Morgan fingerprint density at radius 3 is 2.45 bits per heavy atom. The molecule has 0 aliphatic rings. The summed E-state index contributed by atoms with van der Waals surface area (Å²) in [5, 5.41) is 13.2. The van der Waals surface area contributed by atoms with Crippen LogP contribution in [-0.2, 0) is 0 Å². The highest BCUT2D eigenvalue weighted by molar-refractivity contribution is 9.10. The first-order chi connectivity index (χ1) is 9.47. The number of halogens is 1. The summed E-state index contributed by atoms with van der Waals surface area (Å²) in [6.07, 6.45) is 0. The number of anilines is 2. The van der Waals surface area contributed by atoms with E-state index in [-0.39, 0.29) is 11.6 Å². The van der Waals surface area contributed by atoms with Gasteiger partial charge in [-0.1, -0.05) is 15.9 Å². The van der Waals surface area contributed by atoms with Gasteiger partial charge in [0, 0.05) is 28.0 Å². The molecule has 2 aromatic rings. The van der Waals surface area contributed by atoms with Gasteiger partial charge in [0.2, 0.25) is 0 Å². The van der Waals surface area contributed by atoms with Gasteiger partial charge in [0.25, 0.3) is 11.6 Å². The molecular formula is C13H10BrN3O3. The third kappa shape index (κ3) is 3.12. The Hall–Kier alpha value is -2.41. The van der Waals surface area contributed by atoms with Crippen LogP contribution in [0.5, 0.6) is 0 Å². The molecule has 2 rings (SSSR count). The van der Waals surface area contributed by atoms with Crippen LogP contribution in [0.1, 0.15) is 10.4 Å². The lowest BCUT2D eigenvalue weighted by Gasteiger charge is -2.07. The molecule has 0 saturated carbocycles. The molecule has 2 aromatic carbocycles. The molecule has 0 saturated heterocycles. The fourth-order valence-electron chi connectivity index (χ4n) is 1.59. The van der Waals surface area contributed by atoms with Gasteiger partial charge in [0.05, 0.1) is 10.5 Å². The number of nitrogen functional groups attached to an aromatic ring is 1. The van der Waals surface area contributed by atoms with Gasteiger partial charge in [0.1, 0.15) is 0 Å². The number of nitrogens with zero attached hydrogens (tertiary/aromatic N) is 1. The zero-order valence-corrected chi connectivity index (χ0v) is 11.8. The summed E-state index contributed by atoms with van der Waals surface area (Å²) >= 11 is 3.26. The maximum atomic E-state index is 12.1. The van der Waals surface area contributed by atoms with Crippen molar-refractivity contribution < 1.29 is 9.72 Å². The minimum absolute atomic E-state index is 0.0371. The molecule has 1 amide bonds. The number of benzene rings is 2. The average Bonchev–Trinajstić information content (AvgIpc) is 2.42. The predicted octanol–water partition coefficient (Wildman–Crippen LogP) is 3.19. The fourth-order valence-corrected chi connectivity index (χ4v) is 1.95. The van der Waals surface area contributed by atoms with E-state index in [2.05, 4.69) is 21.2 Å². The number of nitro benzene ring substituents is 1. The van der Waals surface area contributed by atoms with Gasteiger partial charge in [-0.05, 0) is 30.3 Å². The molecule has 6 nitrogen and oxygen atoms in total. The number of non-ortho nitro benzene ring substituents is 1. The fraction of sp³-hybridized carbons (Fsp3) is 0. The second kappa shape index (κ2) is 5.70. The van der Waals surface area contributed by atoms with Crippen LogP contribution in [-0.4, -0.2) is 10.8 Å². The number of nitrogens with one attached hydrogen (secondary N) is 1. The molecule has 0 radical (unpaired) electrons. The Morgan fingerprint density at radius 2 is 1.85 bits per heavy atom. The lowest BCUT2D eigenvalue weighted by Crippen LogP contribution is -2.14. The lowest BCUT2D eigenvalue weighted by molar-refractivity contribution is -0.384. The molecule has 102 valence electrons. The normalized spacial score (nSPS) is 10.1. The predicted molar refractivity (Wildman–Crippen MR) is 79.6 cm³/mol. The molecular weight excluding hydrogens is 326 g/mol. The Morgan fingerprint density at radius 1 is 1.20 bits per heavy atom. The Kier molecular flexibility index (Phi) is 3.99. The number of carbonyl (C=O) groups is 1. The van der Waals surface area contributed by atoms with Crippen molar-refractivity contribution in [1.29, 1.82) is 0 Å². The quantitative estimate of drug-likeness (QED) is 0.511. The molecule has 0 fully saturated rings. The average molecular weight is 336 g/mol. The summed E-state index contributed by atoms with van der Waals surface area (Å²) in [4.78, 5) is 22.1. The molecule has 0 aliphatic carbocycles. The van der Waals surface area contributed by atoms with E-state index in [1.165, 1.54) is 24.3 Å². The van der Waals surface area contributed by atoms with Crippen molar-refractivity contribution in [2.24, 2.45) is 0 Å². The molecule has 0 aliphatic heterocycles. The van der Waals surface area contributed by atoms with Crippen molar-refractivity contribution in [3.05, 3.63) is 62.6 Å². The zero-order valence-electron chi connectivity index (χ0n) is 10.2. The van der Waals surface area contributed by atoms with Crippen molar-refractivity contribution in [3.63, 3.8) is 0 Å². The monoisotopic (exact) mass is 335 g/mol. The lowest BCUT2D eigenvalue weighted by atomic mass is 10.1. The maximum absolute atomic E-state index is 12.1. The summed E-state index contributed by atoms with van der Waals surface area (Å²) in [7, 11) is 0. The smallest absolute Gasteiger partial charge is 0.269 e. The van der Waals surface area contributed by atoms with Crippen molar-refractivity contribution >= 4 is 38.9 Å². The summed E-state index contributed by atoms with van der Waals surface area (Å²) in [6.45, 7) is 0. The summed E-state index contributed by atoms with van der Waals surface area (Å²) < 4.78 is 0.737. The van der Waals surface area contributed by atoms with Crippen molar-refractivity contribution in [1.82, 2.24) is 0 Å². The van der Waals surface area contributed by atoms with Gasteiger partial charge in [0.15, 0.2) is 0 Å². The van der Waals surface area contributed by atoms with E-state index in [0.717, 1.165) is 4.47 Å². The molecule has 0 spiro atoms. The number of hydrogen-bond acceptors (Lipinski definition) is 4. The highest BCUT2D eigenvalue weighted by atomic mass is 79.9. The molecule has 0 aromatic heterocycles. The van der Waals surface area contributed by atoms with Crippen molar-refractivity contribution in [2.45, 2.75) is 0 Å². The molecule has 0 bridgehead atoms. The topological polar surface area (TPSA) is 98.3 Å². The minimum Gasteiger partial charge on any atom is -0.398 e. The van der Waals surface area contributed by atoms with Crippen LogP contribution in [0.15, 0.2) is 46.9 Å². The molecule has 0 unspecified atom stereocenters. The van der Waals surface area contributed by atoms with Gasteiger partial charge in [-0.15, -0.1) is 0 Å². The van der Waals surface area contributed by atoms with E-state index in [0.29, 0.717) is 16.9 Å². The van der Waals surface area contributed by atoms with Gasteiger partial charge in [-0.3, -0.25) is 14.9 Å². The summed E-state index contributed by atoms with van der Waals surface area (Å²) in [5.74, 6) is -0.377. The third-order valence-corrected chi connectivity index (χ3v) is 3.09. The van der Waals surface area contributed by atoms with E-state index in [4.69, 9.17) is 5.73 Å². The largest absolute Gasteiger partial charge is 0.398 e. The van der Waals surface area contributed by atoms with Crippen LogP contribution in [0.3, 0.4) is 0 Å². The van der Waals surface area contributed by atoms with Gasteiger partial charge >= 0.3 is 0 Å². The van der Waals surface area contributed by atoms with Crippen LogP contribution < -0.4 is 11.1 Å². The Bertz CT molecular complexity index is 671. The first-order valence-electron chi connectivity index (χ1n) is 5.58. The van der Waals surface area contributed by atoms with E-state index in [9.17, 15) is 14.9 Å². The standard InChI is InChI=1S/C13H10BrN3O3/c14-8-1-6-12(15)11(7-8)13(18)16-9-2-4-10(5-3-9)17(19)20/h1-7H,15H2,(H,16,18).